The van der Waals surface area contributed by atoms with E-state index in [4.69, 9.17) is 9.84 Å². The van der Waals surface area contributed by atoms with Crippen LogP contribution in [-0.4, -0.2) is 15.8 Å². The van der Waals surface area contributed by atoms with Crippen LogP contribution in [0.15, 0.2) is 77.9 Å². The van der Waals surface area contributed by atoms with Gasteiger partial charge in [0.1, 0.15) is 11.5 Å². The molecule has 2 aliphatic rings. The zero-order valence-electron chi connectivity index (χ0n) is 15.0. The maximum atomic E-state index is 10.3. The molecule has 4 nitrogen and oxygen atoms in total. The van der Waals surface area contributed by atoms with Crippen molar-refractivity contribution in [1.82, 2.24) is 5.01 Å². The van der Waals surface area contributed by atoms with Gasteiger partial charge in [0.25, 0.3) is 0 Å². The Morgan fingerprint density at radius 1 is 0.926 bits per heavy atom. The largest absolute Gasteiger partial charge is 0.507 e. The van der Waals surface area contributed by atoms with Gasteiger partial charge in [0, 0.05) is 23.1 Å². The number of hydrogen-bond acceptors (Lipinski definition) is 4. The van der Waals surface area contributed by atoms with Crippen LogP contribution in [0, 0.1) is 6.92 Å². The second-order valence-electron chi connectivity index (χ2n) is 7.03. The van der Waals surface area contributed by atoms with Crippen molar-refractivity contribution in [3.05, 3.63) is 95.1 Å². The van der Waals surface area contributed by atoms with Crippen molar-refractivity contribution in [3.8, 4) is 11.5 Å². The number of aryl methyl sites for hydroxylation is 1. The van der Waals surface area contributed by atoms with Gasteiger partial charge in [-0.15, -0.1) is 0 Å². The van der Waals surface area contributed by atoms with Crippen LogP contribution in [0.1, 0.15) is 40.9 Å². The number of benzene rings is 3. The van der Waals surface area contributed by atoms with E-state index in [1.165, 1.54) is 5.56 Å². The molecule has 2 atom stereocenters. The molecule has 0 fully saturated rings. The first-order valence-corrected chi connectivity index (χ1v) is 9.17. The molecule has 0 amide bonds. The predicted octanol–water partition coefficient (Wildman–Crippen LogP) is 4.94. The van der Waals surface area contributed by atoms with Crippen LogP contribution >= 0.6 is 0 Å². The molecule has 0 aromatic heterocycles. The third-order valence-corrected chi connectivity index (χ3v) is 5.37. The fourth-order valence-corrected chi connectivity index (χ4v) is 3.98. The molecule has 2 aliphatic heterocycles. The highest BCUT2D eigenvalue weighted by Crippen LogP contribution is 2.48. The molecule has 0 aliphatic carbocycles. The molecule has 27 heavy (non-hydrogen) atoms. The molecule has 3 aromatic carbocycles. The Balaban J connectivity index is 1.64. The van der Waals surface area contributed by atoms with Crippen molar-refractivity contribution >= 4 is 5.71 Å². The van der Waals surface area contributed by atoms with E-state index in [0.717, 1.165) is 34.6 Å². The fraction of sp³-hybridized carbons (Fsp3) is 0.174. The van der Waals surface area contributed by atoms with Crippen LogP contribution in [0.25, 0.3) is 0 Å². The second-order valence-corrected chi connectivity index (χ2v) is 7.03. The van der Waals surface area contributed by atoms with E-state index < -0.39 is 0 Å². The molecule has 0 bridgehead atoms. The maximum Gasteiger partial charge on any atom is 0.214 e. The van der Waals surface area contributed by atoms with Crippen LogP contribution in [0.5, 0.6) is 11.5 Å². The van der Waals surface area contributed by atoms with Gasteiger partial charge in [0.15, 0.2) is 0 Å². The number of para-hydroxylation sites is 2. The topological polar surface area (TPSA) is 45.1 Å². The molecule has 1 N–H and O–H groups in total. The summed E-state index contributed by atoms with van der Waals surface area (Å²) in [6.45, 7) is 2.10. The van der Waals surface area contributed by atoms with Crippen molar-refractivity contribution in [1.29, 1.82) is 0 Å². The smallest absolute Gasteiger partial charge is 0.214 e. The summed E-state index contributed by atoms with van der Waals surface area (Å²) in [4.78, 5) is 0. The summed E-state index contributed by atoms with van der Waals surface area (Å²) in [5.41, 5.74) is 5.09. The lowest BCUT2D eigenvalue weighted by Crippen LogP contribution is -2.34. The van der Waals surface area contributed by atoms with Crippen LogP contribution < -0.4 is 4.74 Å². The molecule has 0 radical (unpaired) electrons. The van der Waals surface area contributed by atoms with Crippen LogP contribution in [0.2, 0.25) is 0 Å². The molecule has 4 heteroatoms. The van der Waals surface area contributed by atoms with Crippen molar-refractivity contribution < 1.29 is 9.84 Å². The summed E-state index contributed by atoms with van der Waals surface area (Å²) in [6, 6.07) is 23.9. The molecule has 0 spiro atoms. The lowest BCUT2D eigenvalue weighted by atomic mass is 9.95. The zero-order chi connectivity index (χ0) is 18.4. The number of hydrogen-bond donors (Lipinski definition) is 1. The lowest BCUT2D eigenvalue weighted by Gasteiger charge is -2.38. The Hall–Kier alpha value is -3.27. The quantitative estimate of drug-likeness (QED) is 0.707. The number of ether oxygens (including phenoxy) is 1. The Labute approximate surface area is 158 Å². The Morgan fingerprint density at radius 3 is 2.44 bits per heavy atom. The third kappa shape index (κ3) is 2.56. The normalized spacial score (nSPS) is 20.5. The Bertz CT molecular complexity index is 1040. The summed E-state index contributed by atoms with van der Waals surface area (Å²) in [5.74, 6) is 1.17. The van der Waals surface area contributed by atoms with Gasteiger partial charge < -0.3 is 9.84 Å². The highest BCUT2D eigenvalue weighted by Gasteiger charge is 2.41. The number of fused-ring (bicyclic) bond motifs is 3. The third-order valence-electron chi connectivity index (χ3n) is 5.37. The summed E-state index contributed by atoms with van der Waals surface area (Å²) in [6.07, 6.45) is 0.454. The first kappa shape index (κ1) is 15.9. The fourth-order valence-electron chi connectivity index (χ4n) is 3.98. The molecule has 0 saturated carbocycles. The minimum atomic E-state index is -0.283. The van der Waals surface area contributed by atoms with Crippen molar-refractivity contribution in [2.45, 2.75) is 25.6 Å². The van der Waals surface area contributed by atoms with E-state index in [-0.39, 0.29) is 18.0 Å². The van der Waals surface area contributed by atoms with Crippen molar-refractivity contribution in [2.24, 2.45) is 5.10 Å². The molecular formula is C23H20N2O2. The molecular weight excluding hydrogens is 336 g/mol. The Kier molecular flexibility index (Phi) is 3.64. The van der Waals surface area contributed by atoms with Crippen LogP contribution in [0.4, 0.5) is 0 Å². The number of phenolic OH excluding ortho intramolecular Hbond substituents is 1. The first-order chi connectivity index (χ1) is 13.2. The molecule has 2 heterocycles. The van der Waals surface area contributed by atoms with Gasteiger partial charge in [-0.25, -0.2) is 5.01 Å². The van der Waals surface area contributed by atoms with Gasteiger partial charge in [-0.3, -0.25) is 0 Å². The average molecular weight is 356 g/mol. The number of hydrazone groups is 1. The molecule has 134 valence electrons. The van der Waals surface area contributed by atoms with E-state index in [9.17, 15) is 5.11 Å². The van der Waals surface area contributed by atoms with E-state index >= 15 is 0 Å². The van der Waals surface area contributed by atoms with Gasteiger partial charge in [-0.1, -0.05) is 54.6 Å². The SMILES string of the molecule is Cc1ccccc1C1Oc2ccccc2C2CC(c3ccccc3O)=NN21. The van der Waals surface area contributed by atoms with Crippen molar-refractivity contribution in [2.75, 3.05) is 0 Å². The summed E-state index contributed by atoms with van der Waals surface area (Å²) in [7, 11) is 0. The predicted molar refractivity (Wildman–Crippen MR) is 105 cm³/mol. The molecule has 5 rings (SSSR count). The summed E-state index contributed by atoms with van der Waals surface area (Å²) in [5, 5.41) is 17.2. The second kappa shape index (κ2) is 6.16. The number of aromatic hydroxyl groups is 1. The highest BCUT2D eigenvalue weighted by molar-refractivity contribution is 6.04. The number of rotatable bonds is 2. The molecule has 2 unspecified atom stereocenters. The minimum Gasteiger partial charge on any atom is -0.507 e. The Morgan fingerprint density at radius 2 is 1.63 bits per heavy atom. The molecule has 3 aromatic rings. The lowest BCUT2D eigenvalue weighted by molar-refractivity contribution is -0.0194. The zero-order valence-corrected chi connectivity index (χ0v) is 15.0. The summed E-state index contributed by atoms with van der Waals surface area (Å²) < 4.78 is 6.38. The summed E-state index contributed by atoms with van der Waals surface area (Å²) >= 11 is 0. The van der Waals surface area contributed by atoms with Gasteiger partial charge >= 0.3 is 0 Å². The van der Waals surface area contributed by atoms with E-state index in [2.05, 4.69) is 25.1 Å². The van der Waals surface area contributed by atoms with Gasteiger partial charge in [0.2, 0.25) is 6.23 Å². The van der Waals surface area contributed by atoms with E-state index in [0.29, 0.717) is 0 Å². The first-order valence-electron chi connectivity index (χ1n) is 9.17. The molecule has 0 saturated heterocycles. The van der Waals surface area contributed by atoms with Gasteiger partial charge in [-0.2, -0.15) is 5.10 Å². The minimum absolute atomic E-state index is 0.0918. The van der Waals surface area contributed by atoms with Gasteiger partial charge in [0.05, 0.1) is 11.8 Å². The van der Waals surface area contributed by atoms with Gasteiger partial charge in [-0.05, 0) is 30.7 Å². The maximum absolute atomic E-state index is 10.3. The number of nitrogens with zero attached hydrogens (tertiary/aromatic N) is 2. The average Bonchev–Trinajstić information content (AvgIpc) is 3.14. The van der Waals surface area contributed by atoms with Crippen LogP contribution in [-0.2, 0) is 0 Å². The highest BCUT2D eigenvalue weighted by atomic mass is 16.5. The van der Waals surface area contributed by atoms with E-state index in [1.54, 1.807) is 6.07 Å². The standard InChI is InChI=1S/C23H20N2O2/c1-15-8-2-3-9-16(15)23-25-20(18-11-5-7-13-22(18)27-23)14-19(24-25)17-10-4-6-12-21(17)26/h2-13,20,23,26H,14H2,1H3. The van der Waals surface area contributed by atoms with Crippen LogP contribution in [0.3, 0.4) is 0 Å². The van der Waals surface area contributed by atoms with Crippen molar-refractivity contribution in [3.63, 3.8) is 0 Å². The number of phenols is 1. The monoisotopic (exact) mass is 356 g/mol. The van der Waals surface area contributed by atoms with E-state index in [1.807, 2.05) is 53.5 Å².